The minimum Gasteiger partial charge on any atom is -0.491 e. The zero-order valence-corrected chi connectivity index (χ0v) is 15.3. The number of ether oxygens (including phenoxy) is 1. The van der Waals surface area contributed by atoms with Gasteiger partial charge >= 0.3 is 0 Å². The Bertz CT molecular complexity index is 898. The molecule has 1 heterocycles. The van der Waals surface area contributed by atoms with Crippen LogP contribution in [0.4, 0.5) is 0 Å². The number of nitrogens with zero attached hydrogens (tertiary/aromatic N) is 2. The van der Waals surface area contributed by atoms with Gasteiger partial charge in [0, 0.05) is 17.5 Å². The van der Waals surface area contributed by atoms with Gasteiger partial charge in [-0.1, -0.05) is 17.7 Å². The number of aryl methyl sites for hydroxylation is 3. The second-order valence-electron chi connectivity index (χ2n) is 6.30. The van der Waals surface area contributed by atoms with Crippen LogP contribution >= 0.6 is 0 Å². The van der Waals surface area contributed by atoms with E-state index >= 15 is 0 Å². The summed E-state index contributed by atoms with van der Waals surface area (Å²) in [4.78, 5) is 12.2. The van der Waals surface area contributed by atoms with Gasteiger partial charge in [0.2, 0.25) is 0 Å². The van der Waals surface area contributed by atoms with E-state index in [1.54, 1.807) is 18.3 Å². The molecule has 3 aromatic rings. The van der Waals surface area contributed by atoms with Crippen LogP contribution in [0.5, 0.6) is 5.75 Å². The number of nitrogens with one attached hydrogen (secondary N) is 1. The number of hydrogen-bond donors (Lipinski definition) is 1. The third-order valence-electron chi connectivity index (χ3n) is 4.18. The van der Waals surface area contributed by atoms with Gasteiger partial charge in [0.05, 0.1) is 12.2 Å². The molecule has 0 saturated heterocycles. The molecule has 5 heteroatoms. The van der Waals surface area contributed by atoms with Crippen LogP contribution in [-0.2, 0) is 0 Å². The maximum atomic E-state index is 12.2. The van der Waals surface area contributed by atoms with Gasteiger partial charge in [-0.15, -0.1) is 0 Å². The molecule has 0 aliphatic heterocycles. The van der Waals surface area contributed by atoms with Gasteiger partial charge in [-0.05, 0) is 62.7 Å². The summed E-state index contributed by atoms with van der Waals surface area (Å²) in [6.07, 6.45) is 1.76. The molecule has 1 N–H and O–H groups in total. The Balaban J connectivity index is 1.51. The van der Waals surface area contributed by atoms with Crippen molar-refractivity contribution in [2.45, 2.75) is 20.8 Å². The van der Waals surface area contributed by atoms with Crippen LogP contribution < -0.4 is 10.1 Å². The van der Waals surface area contributed by atoms with Crippen molar-refractivity contribution in [3.05, 3.63) is 77.1 Å². The summed E-state index contributed by atoms with van der Waals surface area (Å²) in [6.45, 7) is 6.94. The fraction of sp³-hybridized carbons (Fsp3) is 0.238. The molecule has 0 aliphatic rings. The third-order valence-corrected chi connectivity index (χ3v) is 4.18. The van der Waals surface area contributed by atoms with Crippen molar-refractivity contribution in [1.29, 1.82) is 0 Å². The predicted octanol–water partition coefficient (Wildman–Crippen LogP) is 3.61. The van der Waals surface area contributed by atoms with Crippen LogP contribution in [-0.4, -0.2) is 28.8 Å². The monoisotopic (exact) mass is 349 g/mol. The fourth-order valence-corrected chi connectivity index (χ4v) is 2.78. The van der Waals surface area contributed by atoms with Crippen LogP contribution in [0.25, 0.3) is 5.69 Å². The standard InChI is InChI=1S/C21H23N3O2/c1-15-4-9-20(16(2)14-15)26-13-12-22-21(25)18-5-7-19(8-6-18)24-17(3)10-11-23-24/h4-11,14H,12-13H2,1-3H3,(H,22,25). The van der Waals surface area contributed by atoms with Gasteiger partial charge in [0.1, 0.15) is 12.4 Å². The minimum absolute atomic E-state index is 0.113. The highest BCUT2D eigenvalue weighted by molar-refractivity contribution is 5.94. The molecular weight excluding hydrogens is 326 g/mol. The topological polar surface area (TPSA) is 56.1 Å². The van der Waals surface area contributed by atoms with E-state index in [0.29, 0.717) is 18.7 Å². The van der Waals surface area contributed by atoms with Crippen LogP contribution in [0, 0.1) is 20.8 Å². The zero-order chi connectivity index (χ0) is 18.5. The van der Waals surface area contributed by atoms with Crippen molar-refractivity contribution in [1.82, 2.24) is 15.1 Å². The molecule has 5 nitrogen and oxygen atoms in total. The molecular formula is C21H23N3O2. The van der Waals surface area contributed by atoms with Crippen molar-refractivity contribution in [2.75, 3.05) is 13.2 Å². The summed E-state index contributed by atoms with van der Waals surface area (Å²) in [5, 5.41) is 7.14. The first-order valence-electron chi connectivity index (χ1n) is 8.64. The minimum atomic E-state index is -0.113. The molecule has 0 atom stereocenters. The first-order valence-corrected chi connectivity index (χ1v) is 8.64. The van der Waals surface area contributed by atoms with Crippen LogP contribution in [0.2, 0.25) is 0 Å². The molecule has 134 valence electrons. The number of amides is 1. The Hall–Kier alpha value is -3.08. The molecule has 0 fully saturated rings. The second kappa shape index (κ2) is 7.87. The maximum absolute atomic E-state index is 12.2. The lowest BCUT2D eigenvalue weighted by molar-refractivity contribution is 0.0947. The predicted molar refractivity (Wildman–Crippen MR) is 102 cm³/mol. The molecule has 26 heavy (non-hydrogen) atoms. The van der Waals surface area contributed by atoms with Gasteiger partial charge < -0.3 is 10.1 Å². The van der Waals surface area contributed by atoms with Crippen molar-refractivity contribution in [2.24, 2.45) is 0 Å². The Kier molecular flexibility index (Phi) is 5.37. The molecule has 1 amide bonds. The second-order valence-corrected chi connectivity index (χ2v) is 6.30. The molecule has 0 spiro atoms. The summed E-state index contributed by atoms with van der Waals surface area (Å²) < 4.78 is 7.57. The molecule has 3 rings (SSSR count). The number of rotatable bonds is 6. The quantitative estimate of drug-likeness (QED) is 0.692. The summed E-state index contributed by atoms with van der Waals surface area (Å²) in [6, 6.07) is 15.4. The summed E-state index contributed by atoms with van der Waals surface area (Å²) in [5.74, 6) is 0.738. The SMILES string of the molecule is Cc1ccc(OCCNC(=O)c2ccc(-n3nccc3C)cc2)c(C)c1. The smallest absolute Gasteiger partial charge is 0.251 e. The average Bonchev–Trinajstić information content (AvgIpc) is 3.06. The maximum Gasteiger partial charge on any atom is 0.251 e. The lowest BCUT2D eigenvalue weighted by atomic mass is 10.1. The van der Waals surface area contributed by atoms with E-state index in [9.17, 15) is 4.79 Å². The zero-order valence-electron chi connectivity index (χ0n) is 15.3. The Morgan fingerprint density at radius 1 is 1.08 bits per heavy atom. The first-order chi connectivity index (χ1) is 12.5. The van der Waals surface area contributed by atoms with Crippen LogP contribution in [0.1, 0.15) is 27.2 Å². The Morgan fingerprint density at radius 2 is 1.85 bits per heavy atom. The van der Waals surface area contributed by atoms with E-state index in [4.69, 9.17) is 4.74 Å². The summed E-state index contributed by atoms with van der Waals surface area (Å²) >= 11 is 0. The third kappa shape index (κ3) is 4.11. The van der Waals surface area contributed by atoms with E-state index < -0.39 is 0 Å². The lowest BCUT2D eigenvalue weighted by Crippen LogP contribution is -2.28. The number of benzene rings is 2. The van der Waals surface area contributed by atoms with Gasteiger partial charge in [-0.3, -0.25) is 4.79 Å². The summed E-state index contributed by atoms with van der Waals surface area (Å²) in [5.41, 5.74) is 4.90. The highest BCUT2D eigenvalue weighted by Gasteiger charge is 2.07. The molecule has 0 bridgehead atoms. The first kappa shape index (κ1) is 17.7. The molecule has 0 aliphatic carbocycles. The van der Waals surface area contributed by atoms with Crippen molar-refractivity contribution in [3.8, 4) is 11.4 Å². The molecule has 2 aromatic carbocycles. The number of hydrogen-bond acceptors (Lipinski definition) is 3. The van der Waals surface area contributed by atoms with E-state index in [-0.39, 0.29) is 5.91 Å². The normalized spacial score (nSPS) is 10.6. The highest BCUT2D eigenvalue weighted by atomic mass is 16.5. The van der Waals surface area contributed by atoms with Crippen molar-refractivity contribution in [3.63, 3.8) is 0 Å². The summed E-state index contributed by atoms with van der Waals surface area (Å²) in [7, 11) is 0. The van der Waals surface area contributed by atoms with E-state index in [1.807, 2.05) is 48.9 Å². The van der Waals surface area contributed by atoms with Crippen molar-refractivity contribution < 1.29 is 9.53 Å². The Labute approximate surface area is 153 Å². The van der Waals surface area contributed by atoms with Crippen molar-refractivity contribution >= 4 is 5.91 Å². The van der Waals surface area contributed by atoms with E-state index in [1.165, 1.54) is 5.56 Å². The van der Waals surface area contributed by atoms with Gasteiger partial charge in [0.15, 0.2) is 0 Å². The lowest BCUT2D eigenvalue weighted by Gasteiger charge is -2.11. The van der Waals surface area contributed by atoms with Gasteiger partial charge in [-0.2, -0.15) is 5.10 Å². The fourth-order valence-electron chi connectivity index (χ4n) is 2.78. The van der Waals surface area contributed by atoms with Gasteiger partial charge in [0.25, 0.3) is 5.91 Å². The van der Waals surface area contributed by atoms with E-state index in [0.717, 1.165) is 22.7 Å². The number of aromatic nitrogens is 2. The largest absolute Gasteiger partial charge is 0.491 e. The van der Waals surface area contributed by atoms with Crippen LogP contribution in [0.3, 0.4) is 0 Å². The number of carbonyl (C=O) groups is 1. The highest BCUT2D eigenvalue weighted by Crippen LogP contribution is 2.18. The molecule has 1 aromatic heterocycles. The Morgan fingerprint density at radius 3 is 2.50 bits per heavy atom. The van der Waals surface area contributed by atoms with E-state index in [2.05, 4.69) is 23.4 Å². The molecule has 0 saturated carbocycles. The van der Waals surface area contributed by atoms with Crippen LogP contribution in [0.15, 0.2) is 54.7 Å². The number of carbonyl (C=O) groups excluding carboxylic acids is 1. The molecule has 0 radical (unpaired) electrons. The molecule has 0 unspecified atom stereocenters. The average molecular weight is 349 g/mol. The van der Waals surface area contributed by atoms with Gasteiger partial charge in [-0.25, -0.2) is 4.68 Å².